The number of hydrogen-bond acceptors (Lipinski definition) is 9. The fraction of sp³-hybridized carbons (Fsp3) is 0.333. The molecule has 1 aliphatic heterocycles. The van der Waals surface area contributed by atoms with Crippen LogP contribution in [0, 0.1) is 17.2 Å². The normalized spacial score (nSPS) is 16.3. The Balaban J connectivity index is 1.77. The van der Waals surface area contributed by atoms with Gasteiger partial charge in [0.2, 0.25) is 0 Å². The average Bonchev–Trinajstić information content (AvgIpc) is 3.41. The van der Waals surface area contributed by atoms with Crippen LogP contribution in [0.4, 0.5) is 11.5 Å². The fourth-order valence-corrected chi connectivity index (χ4v) is 4.95. The van der Waals surface area contributed by atoms with Crippen LogP contribution in [0.1, 0.15) is 35.0 Å². The summed E-state index contributed by atoms with van der Waals surface area (Å²) in [5.41, 5.74) is 13.2. The third-order valence-electron chi connectivity index (χ3n) is 5.31. The van der Waals surface area contributed by atoms with Gasteiger partial charge in [-0.3, -0.25) is 9.59 Å². The van der Waals surface area contributed by atoms with Crippen molar-refractivity contribution in [2.45, 2.75) is 19.8 Å². The first-order valence-electron chi connectivity index (χ1n) is 9.87. The molecule has 1 fully saturated rings. The van der Waals surface area contributed by atoms with Gasteiger partial charge in [-0.05, 0) is 31.9 Å². The van der Waals surface area contributed by atoms with Crippen LogP contribution in [0.5, 0.6) is 0 Å². The summed E-state index contributed by atoms with van der Waals surface area (Å²) in [6.07, 6.45) is 2.86. The smallest absolute Gasteiger partial charge is 0.310 e. The second-order valence-electron chi connectivity index (χ2n) is 7.20. The van der Waals surface area contributed by atoms with Gasteiger partial charge in [-0.2, -0.15) is 5.26 Å². The van der Waals surface area contributed by atoms with Crippen LogP contribution in [-0.2, 0) is 9.53 Å². The number of nitriles is 1. The number of nitrogens with two attached hydrogens (primary N) is 2. The molecule has 31 heavy (non-hydrogen) atoms. The minimum Gasteiger partial charge on any atom is -0.466 e. The molecule has 9 nitrogen and oxygen atoms in total. The molecule has 0 saturated carbocycles. The van der Waals surface area contributed by atoms with E-state index in [1.807, 2.05) is 0 Å². The van der Waals surface area contributed by atoms with E-state index in [0.29, 0.717) is 52.4 Å². The zero-order valence-electron chi connectivity index (χ0n) is 16.9. The van der Waals surface area contributed by atoms with E-state index in [1.54, 1.807) is 24.0 Å². The number of pyridine rings is 1. The predicted molar refractivity (Wildman–Crippen MR) is 116 cm³/mol. The number of esters is 1. The van der Waals surface area contributed by atoms with Crippen molar-refractivity contribution in [2.75, 3.05) is 31.2 Å². The van der Waals surface area contributed by atoms with Crippen LogP contribution in [0.25, 0.3) is 21.5 Å². The molecule has 4 rings (SSSR count). The monoisotopic (exact) mass is 439 g/mol. The van der Waals surface area contributed by atoms with Crippen molar-refractivity contribution in [2.24, 2.45) is 5.92 Å². The summed E-state index contributed by atoms with van der Waals surface area (Å²) in [4.78, 5) is 32.1. The van der Waals surface area contributed by atoms with Gasteiger partial charge >= 0.3 is 5.97 Å². The largest absolute Gasteiger partial charge is 0.466 e. The second-order valence-corrected chi connectivity index (χ2v) is 8.20. The standard InChI is InChI=1S/C21H21N5O4S/c1-2-29-21(28)11-5-3-7-26(10-11)20(27)17-16(23)15-14(13-6-4-8-30-13)12(9-22)18(24)25-19(15)31-17/h4,6,8,11H,2-3,5,7,10,23H2,1H3,(H2,24,25). The predicted octanol–water partition coefficient (Wildman–Crippen LogP) is 3.01. The maximum Gasteiger partial charge on any atom is 0.310 e. The highest BCUT2D eigenvalue weighted by Gasteiger charge is 2.32. The molecule has 1 atom stereocenters. The number of rotatable bonds is 4. The van der Waals surface area contributed by atoms with Gasteiger partial charge in [-0.1, -0.05) is 0 Å². The van der Waals surface area contributed by atoms with Crippen LogP contribution >= 0.6 is 11.3 Å². The highest BCUT2D eigenvalue weighted by Crippen LogP contribution is 2.43. The van der Waals surface area contributed by atoms with E-state index in [4.69, 9.17) is 20.6 Å². The lowest BCUT2D eigenvalue weighted by Gasteiger charge is -2.31. The Morgan fingerprint density at radius 3 is 2.94 bits per heavy atom. The number of carbonyl (C=O) groups excluding carboxylic acids is 2. The van der Waals surface area contributed by atoms with Crippen LogP contribution in [-0.4, -0.2) is 41.5 Å². The van der Waals surface area contributed by atoms with Crippen LogP contribution < -0.4 is 11.5 Å². The van der Waals surface area contributed by atoms with E-state index >= 15 is 0 Å². The third-order valence-corrected chi connectivity index (χ3v) is 6.39. The van der Waals surface area contributed by atoms with E-state index in [-0.39, 0.29) is 41.4 Å². The fourth-order valence-electron chi connectivity index (χ4n) is 3.87. The van der Waals surface area contributed by atoms with Crippen molar-refractivity contribution in [1.82, 2.24) is 9.88 Å². The molecule has 160 valence electrons. The summed E-state index contributed by atoms with van der Waals surface area (Å²) in [5.74, 6) is -0.470. The molecule has 4 heterocycles. The van der Waals surface area contributed by atoms with Crippen molar-refractivity contribution in [3.8, 4) is 17.4 Å². The average molecular weight is 439 g/mol. The Labute approximate surface area is 182 Å². The van der Waals surface area contributed by atoms with E-state index in [1.165, 1.54) is 6.26 Å². The van der Waals surface area contributed by atoms with Crippen molar-refractivity contribution < 1.29 is 18.7 Å². The summed E-state index contributed by atoms with van der Waals surface area (Å²) < 4.78 is 10.6. The number of likely N-dealkylation sites (tertiary alicyclic amines) is 1. The number of nitrogen functional groups attached to an aromatic ring is 2. The molecule has 0 spiro atoms. The van der Waals surface area contributed by atoms with Gasteiger partial charge in [0, 0.05) is 18.5 Å². The molecule has 3 aromatic heterocycles. The molecule has 3 aromatic rings. The number of amides is 1. The number of aromatic nitrogens is 1. The number of piperidine rings is 1. The Kier molecular flexibility index (Phi) is 5.52. The number of hydrogen-bond donors (Lipinski definition) is 2. The number of thiophene rings is 1. The molecule has 0 aromatic carbocycles. The lowest BCUT2D eigenvalue weighted by atomic mass is 9.98. The van der Waals surface area contributed by atoms with Crippen LogP contribution in [0.15, 0.2) is 22.8 Å². The first-order chi connectivity index (χ1) is 15.0. The molecular formula is C21H21N5O4S. The van der Waals surface area contributed by atoms with Crippen molar-refractivity contribution in [3.05, 3.63) is 28.8 Å². The van der Waals surface area contributed by atoms with E-state index < -0.39 is 0 Å². The summed E-state index contributed by atoms with van der Waals surface area (Å²) in [6.45, 7) is 2.85. The number of furan rings is 1. The van der Waals surface area contributed by atoms with Crippen LogP contribution in [0.2, 0.25) is 0 Å². The number of nitrogens with zero attached hydrogens (tertiary/aromatic N) is 3. The molecule has 4 N–H and O–H groups in total. The van der Waals surface area contributed by atoms with Gasteiger partial charge in [0.25, 0.3) is 5.91 Å². The molecule has 1 saturated heterocycles. The zero-order chi connectivity index (χ0) is 22.1. The minimum atomic E-state index is -0.356. The number of ether oxygens (including phenoxy) is 1. The van der Waals surface area contributed by atoms with Gasteiger partial charge in [0.05, 0.1) is 30.0 Å². The van der Waals surface area contributed by atoms with Crippen molar-refractivity contribution in [1.29, 1.82) is 5.26 Å². The number of anilines is 2. The lowest BCUT2D eigenvalue weighted by molar-refractivity contribution is -0.149. The molecule has 0 radical (unpaired) electrons. The summed E-state index contributed by atoms with van der Waals surface area (Å²) in [7, 11) is 0. The maximum atomic E-state index is 13.3. The topological polar surface area (TPSA) is 148 Å². The summed E-state index contributed by atoms with van der Waals surface area (Å²) in [6, 6.07) is 5.45. The summed E-state index contributed by atoms with van der Waals surface area (Å²) in [5, 5.41) is 10.1. The maximum absolute atomic E-state index is 13.3. The molecule has 10 heteroatoms. The van der Waals surface area contributed by atoms with E-state index in [2.05, 4.69) is 11.1 Å². The quantitative estimate of drug-likeness (QED) is 0.589. The zero-order valence-corrected chi connectivity index (χ0v) is 17.7. The highest BCUT2D eigenvalue weighted by molar-refractivity contribution is 7.21. The van der Waals surface area contributed by atoms with Crippen LogP contribution in [0.3, 0.4) is 0 Å². The first kappa shape index (κ1) is 20.7. The summed E-state index contributed by atoms with van der Waals surface area (Å²) >= 11 is 1.12. The Hall–Kier alpha value is -3.58. The second kappa shape index (κ2) is 8.28. The lowest BCUT2D eigenvalue weighted by Crippen LogP contribution is -2.42. The van der Waals surface area contributed by atoms with Gasteiger partial charge < -0.3 is 25.5 Å². The number of carbonyl (C=O) groups is 2. The Morgan fingerprint density at radius 2 is 2.26 bits per heavy atom. The molecule has 0 aliphatic carbocycles. The van der Waals surface area contributed by atoms with E-state index in [9.17, 15) is 14.9 Å². The molecular weight excluding hydrogens is 418 g/mol. The van der Waals surface area contributed by atoms with Gasteiger partial charge in [0.15, 0.2) is 0 Å². The number of fused-ring (bicyclic) bond motifs is 1. The Morgan fingerprint density at radius 1 is 1.45 bits per heavy atom. The molecule has 1 aliphatic rings. The van der Waals surface area contributed by atoms with Gasteiger partial charge in [-0.15, -0.1) is 11.3 Å². The first-order valence-corrected chi connectivity index (χ1v) is 10.7. The van der Waals surface area contributed by atoms with Gasteiger partial charge in [-0.25, -0.2) is 4.98 Å². The SMILES string of the molecule is CCOC(=O)C1CCCN(C(=O)c2sc3nc(N)c(C#N)c(-c4ccco4)c3c2N)C1. The third kappa shape index (κ3) is 3.57. The van der Waals surface area contributed by atoms with Crippen molar-refractivity contribution in [3.63, 3.8) is 0 Å². The van der Waals surface area contributed by atoms with Gasteiger partial charge in [0.1, 0.15) is 32.9 Å². The molecule has 1 unspecified atom stereocenters. The highest BCUT2D eigenvalue weighted by atomic mass is 32.1. The molecule has 0 bridgehead atoms. The minimum absolute atomic E-state index is 0.0435. The van der Waals surface area contributed by atoms with E-state index in [0.717, 1.165) is 11.3 Å². The Bertz CT molecular complexity index is 1200. The molecule has 1 amide bonds. The van der Waals surface area contributed by atoms with Crippen molar-refractivity contribution >= 4 is 44.9 Å².